The van der Waals surface area contributed by atoms with Crippen molar-refractivity contribution < 1.29 is 19.4 Å². The van der Waals surface area contributed by atoms with Crippen LogP contribution in [-0.2, 0) is 27.1 Å². The Labute approximate surface area is 235 Å². The van der Waals surface area contributed by atoms with Gasteiger partial charge in [0.05, 0.1) is 6.04 Å². The Balaban J connectivity index is 1.11. The van der Waals surface area contributed by atoms with Crippen LogP contribution in [0.4, 0.5) is 11.5 Å². The first-order chi connectivity index (χ1) is 19.0. The lowest BCUT2D eigenvalue weighted by Gasteiger charge is -2.37. The molecule has 0 saturated carbocycles. The number of hydrazine groups is 1. The number of hydrogen-bond donors (Lipinski definition) is 4. The maximum Gasteiger partial charge on any atom is 0.319 e. The molecule has 0 amide bonds. The molecule has 0 radical (unpaired) electrons. The second kappa shape index (κ2) is 11.1. The highest BCUT2D eigenvalue weighted by Gasteiger charge is 2.42. The number of nitrogens with zero attached hydrogens (tertiary/aromatic N) is 1. The fourth-order valence-corrected chi connectivity index (χ4v) is 5.96. The molecule has 3 aromatic rings. The van der Waals surface area contributed by atoms with Gasteiger partial charge in [-0.3, -0.25) is 4.79 Å². The van der Waals surface area contributed by atoms with Gasteiger partial charge < -0.3 is 25.3 Å². The quantitative estimate of drug-likeness (QED) is 0.187. The number of rotatable bonds is 9. The molecular weight excluding hydrogens is 560 g/mol. The molecule has 4 N–H and O–H groups in total. The van der Waals surface area contributed by atoms with Crippen LogP contribution in [-0.4, -0.2) is 28.6 Å². The lowest BCUT2D eigenvalue weighted by atomic mass is 9.78. The molecule has 0 spiro atoms. The summed E-state index contributed by atoms with van der Waals surface area (Å²) in [7, 11) is 0. The molecular formula is C30H29BrN4O4. The summed E-state index contributed by atoms with van der Waals surface area (Å²) in [4.78, 5) is 15.0. The van der Waals surface area contributed by atoms with Crippen LogP contribution in [0.2, 0.25) is 0 Å². The minimum atomic E-state index is -0.933. The number of allylic oxidation sites excluding steroid dienone is 2. The zero-order valence-electron chi connectivity index (χ0n) is 21.1. The van der Waals surface area contributed by atoms with Gasteiger partial charge in [-0.2, -0.15) is 0 Å². The molecule has 39 heavy (non-hydrogen) atoms. The van der Waals surface area contributed by atoms with Gasteiger partial charge in [0.25, 0.3) is 6.29 Å². The maximum absolute atomic E-state index is 10.6. The third kappa shape index (κ3) is 5.51. The van der Waals surface area contributed by atoms with E-state index in [1.807, 2.05) is 42.6 Å². The van der Waals surface area contributed by atoms with Crippen molar-refractivity contribution >= 4 is 33.4 Å². The van der Waals surface area contributed by atoms with Gasteiger partial charge in [-0.25, -0.2) is 10.4 Å². The topological polar surface area (TPSA) is 105 Å². The number of carboxylic acids is 1. The lowest BCUT2D eigenvalue weighted by Crippen LogP contribution is -2.37. The zero-order chi connectivity index (χ0) is 26.8. The standard InChI is InChI=1S/C30H29BrN4O4/c31-24-7-2-1-4-22(24)30-38-17-26(39-30)29-21-6-3-5-20(21)23-14-18(10-12-25(23)34-29)8-9-19-11-13-27(32-15-19)35-33-16-28(36)37/h1-5,7,10-15,17,20-21,29-30,33-34H,6,8-9,16H2,(H,32,35)(H,36,37). The minimum Gasteiger partial charge on any atom is -0.480 e. The number of aromatic nitrogens is 1. The van der Waals surface area contributed by atoms with E-state index in [4.69, 9.17) is 14.6 Å². The molecule has 2 aromatic carbocycles. The van der Waals surface area contributed by atoms with Gasteiger partial charge in [-0.1, -0.05) is 64.5 Å². The predicted molar refractivity (Wildman–Crippen MR) is 152 cm³/mol. The third-order valence-corrected chi connectivity index (χ3v) is 8.15. The van der Waals surface area contributed by atoms with Crippen LogP contribution in [0.5, 0.6) is 0 Å². The van der Waals surface area contributed by atoms with E-state index in [-0.39, 0.29) is 12.6 Å². The predicted octanol–water partition coefficient (Wildman–Crippen LogP) is 5.67. The second-order valence-corrected chi connectivity index (χ2v) is 10.8. The summed E-state index contributed by atoms with van der Waals surface area (Å²) in [5.74, 6) is 1.18. The molecule has 4 unspecified atom stereocenters. The highest BCUT2D eigenvalue weighted by Crippen LogP contribution is 2.48. The van der Waals surface area contributed by atoms with Gasteiger partial charge in [-0.15, -0.1) is 0 Å². The highest BCUT2D eigenvalue weighted by molar-refractivity contribution is 9.10. The fraction of sp³-hybridized carbons (Fsp3) is 0.267. The Hall–Kier alpha value is -3.82. The molecule has 1 aliphatic carbocycles. The van der Waals surface area contributed by atoms with Gasteiger partial charge in [-0.05, 0) is 54.2 Å². The number of benzene rings is 2. The number of aliphatic carboxylic acids is 1. The molecule has 1 aromatic heterocycles. The van der Waals surface area contributed by atoms with Crippen LogP contribution >= 0.6 is 15.9 Å². The van der Waals surface area contributed by atoms with Gasteiger partial charge in [0.1, 0.15) is 18.6 Å². The minimum absolute atomic E-state index is 0.0408. The van der Waals surface area contributed by atoms with Gasteiger partial charge >= 0.3 is 5.97 Å². The molecule has 3 aliphatic rings. The number of aryl methyl sites for hydroxylation is 2. The Kier molecular flexibility index (Phi) is 7.26. The van der Waals surface area contributed by atoms with E-state index in [2.05, 4.69) is 67.4 Å². The number of halogens is 1. The van der Waals surface area contributed by atoms with Crippen molar-refractivity contribution in [1.29, 1.82) is 0 Å². The van der Waals surface area contributed by atoms with Crippen LogP contribution in [0.25, 0.3) is 0 Å². The van der Waals surface area contributed by atoms with Gasteiger partial charge in [0.15, 0.2) is 5.76 Å². The Morgan fingerprint density at radius 1 is 1.10 bits per heavy atom. The molecule has 4 atom stereocenters. The fourth-order valence-electron chi connectivity index (χ4n) is 5.48. The average Bonchev–Trinajstić information content (AvgIpc) is 3.63. The van der Waals surface area contributed by atoms with Crippen LogP contribution in [0.3, 0.4) is 0 Å². The number of carbonyl (C=O) groups is 1. The monoisotopic (exact) mass is 588 g/mol. The van der Waals surface area contributed by atoms with Crippen molar-refractivity contribution in [1.82, 2.24) is 10.4 Å². The maximum atomic E-state index is 10.6. The van der Waals surface area contributed by atoms with Crippen molar-refractivity contribution in [3.05, 3.63) is 112 Å². The zero-order valence-corrected chi connectivity index (χ0v) is 22.7. The largest absolute Gasteiger partial charge is 0.480 e. The van der Waals surface area contributed by atoms with E-state index in [1.165, 1.54) is 11.1 Å². The summed E-state index contributed by atoms with van der Waals surface area (Å²) in [5, 5.41) is 12.5. The van der Waals surface area contributed by atoms with Crippen LogP contribution in [0.1, 0.15) is 40.9 Å². The van der Waals surface area contributed by atoms with Crippen LogP contribution < -0.4 is 16.2 Å². The van der Waals surface area contributed by atoms with E-state index in [1.54, 1.807) is 6.26 Å². The van der Waals surface area contributed by atoms with E-state index in [0.29, 0.717) is 17.7 Å². The van der Waals surface area contributed by atoms with Crippen molar-refractivity contribution in [3.63, 3.8) is 0 Å². The molecule has 200 valence electrons. The molecule has 2 aliphatic heterocycles. The number of fused-ring (bicyclic) bond motifs is 3. The molecule has 6 rings (SSSR count). The van der Waals surface area contributed by atoms with Crippen molar-refractivity contribution in [2.24, 2.45) is 5.92 Å². The normalized spacial score (nSPS) is 22.6. The summed E-state index contributed by atoms with van der Waals surface area (Å²) in [6.45, 7) is -0.182. The van der Waals surface area contributed by atoms with Crippen LogP contribution in [0.15, 0.2) is 89.4 Å². The first-order valence-corrected chi connectivity index (χ1v) is 13.8. The van der Waals surface area contributed by atoms with Crippen molar-refractivity contribution in [3.8, 4) is 0 Å². The van der Waals surface area contributed by atoms with Gasteiger partial charge in [0, 0.05) is 33.8 Å². The summed E-state index contributed by atoms with van der Waals surface area (Å²) < 4.78 is 13.2. The summed E-state index contributed by atoms with van der Waals surface area (Å²) in [6, 6.07) is 18.6. The molecule has 9 heteroatoms. The summed E-state index contributed by atoms with van der Waals surface area (Å²) in [5.41, 5.74) is 11.2. The number of hydrogen-bond acceptors (Lipinski definition) is 7. The van der Waals surface area contributed by atoms with Gasteiger partial charge in [0.2, 0.25) is 0 Å². The SMILES string of the molecule is O=C(O)CNNc1ccc(CCc2ccc3c(c2)C2C=CCC2C(C2=COC(c4ccccc4Br)O2)N3)cn1. The van der Waals surface area contributed by atoms with Crippen molar-refractivity contribution in [2.45, 2.75) is 37.5 Å². The average molecular weight is 589 g/mol. The molecule has 0 bridgehead atoms. The van der Waals surface area contributed by atoms with Crippen LogP contribution in [0, 0.1) is 5.92 Å². The Morgan fingerprint density at radius 3 is 2.77 bits per heavy atom. The smallest absolute Gasteiger partial charge is 0.319 e. The number of anilines is 2. The third-order valence-electron chi connectivity index (χ3n) is 7.43. The lowest BCUT2D eigenvalue weighted by molar-refractivity contribution is -0.135. The molecule has 0 saturated heterocycles. The molecule has 3 heterocycles. The highest BCUT2D eigenvalue weighted by atomic mass is 79.9. The number of pyridine rings is 1. The summed E-state index contributed by atoms with van der Waals surface area (Å²) in [6.07, 6.45) is 10.5. The summed E-state index contributed by atoms with van der Waals surface area (Å²) >= 11 is 3.60. The first-order valence-electron chi connectivity index (χ1n) is 13.0. The Bertz CT molecular complexity index is 1420. The molecule has 8 nitrogen and oxygen atoms in total. The van der Waals surface area contributed by atoms with E-state index >= 15 is 0 Å². The first kappa shape index (κ1) is 25.5. The van der Waals surface area contributed by atoms with E-state index < -0.39 is 12.3 Å². The number of nitrogens with one attached hydrogen (secondary N) is 3. The molecule has 0 fully saturated rings. The second-order valence-electron chi connectivity index (χ2n) is 9.95. The number of ether oxygens (including phenoxy) is 2. The number of carboxylic acid groups (broad SMARTS) is 1. The van der Waals surface area contributed by atoms with E-state index in [9.17, 15) is 4.79 Å². The van der Waals surface area contributed by atoms with E-state index in [0.717, 1.165) is 46.3 Å². The van der Waals surface area contributed by atoms with Crippen molar-refractivity contribution in [2.75, 3.05) is 17.3 Å². The Morgan fingerprint density at radius 2 is 1.95 bits per heavy atom.